The monoisotopic (exact) mass is 311 g/mol. The number of amides is 2. The van der Waals surface area contributed by atoms with E-state index in [-0.39, 0.29) is 17.6 Å². The lowest BCUT2D eigenvalue weighted by Crippen LogP contribution is -2.50. The third-order valence-electron chi connectivity index (χ3n) is 4.88. The SMILES string of the molecule is CN1CCC(NC(=O)NCC2CCCOC2C(C)(C)C)CC1. The number of carbonyl (C=O) groups is 1. The molecule has 2 rings (SSSR count). The molecule has 5 heteroatoms. The third kappa shape index (κ3) is 5.13. The minimum Gasteiger partial charge on any atom is -0.377 e. The zero-order valence-electron chi connectivity index (χ0n) is 14.7. The average Bonchev–Trinajstić information content (AvgIpc) is 2.47. The molecule has 2 N–H and O–H groups in total. The van der Waals surface area contributed by atoms with Gasteiger partial charge in [0, 0.05) is 25.1 Å². The summed E-state index contributed by atoms with van der Waals surface area (Å²) in [5, 5.41) is 6.18. The Labute approximate surface area is 135 Å². The number of carbonyl (C=O) groups excluding carboxylic acids is 1. The summed E-state index contributed by atoms with van der Waals surface area (Å²) in [4.78, 5) is 14.4. The molecule has 22 heavy (non-hydrogen) atoms. The van der Waals surface area contributed by atoms with Gasteiger partial charge in [0.2, 0.25) is 0 Å². The largest absolute Gasteiger partial charge is 0.377 e. The first kappa shape index (κ1) is 17.5. The molecule has 0 aromatic heterocycles. The molecular formula is C17H33N3O2. The van der Waals surface area contributed by atoms with Crippen molar-refractivity contribution in [1.29, 1.82) is 0 Å². The van der Waals surface area contributed by atoms with E-state index >= 15 is 0 Å². The second-order valence-electron chi connectivity index (χ2n) is 7.99. The summed E-state index contributed by atoms with van der Waals surface area (Å²) in [6.45, 7) is 10.3. The molecule has 0 spiro atoms. The van der Waals surface area contributed by atoms with Crippen LogP contribution in [0.5, 0.6) is 0 Å². The lowest BCUT2D eigenvalue weighted by molar-refractivity contribution is -0.0838. The van der Waals surface area contributed by atoms with Crippen molar-refractivity contribution >= 4 is 6.03 Å². The predicted molar refractivity (Wildman–Crippen MR) is 89.0 cm³/mol. The van der Waals surface area contributed by atoms with Gasteiger partial charge in [-0.25, -0.2) is 4.79 Å². The maximum Gasteiger partial charge on any atom is 0.315 e. The Bertz CT molecular complexity index is 359. The lowest BCUT2D eigenvalue weighted by Gasteiger charge is -2.40. The van der Waals surface area contributed by atoms with Gasteiger partial charge in [-0.15, -0.1) is 0 Å². The van der Waals surface area contributed by atoms with Crippen molar-refractivity contribution in [3.63, 3.8) is 0 Å². The Morgan fingerprint density at radius 1 is 1.23 bits per heavy atom. The zero-order chi connectivity index (χ0) is 16.2. The van der Waals surface area contributed by atoms with Gasteiger partial charge < -0.3 is 20.3 Å². The summed E-state index contributed by atoms with van der Waals surface area (Å²) >= 11 is 0. The van der Waals surface area contributed by atoms with E-state index in [0.717, 1.165) is 45.4 Å². The molecule has 2 fully saturated rings. The smallest absolute Gasteiger partial charge is 0.315 e. The average molecular weight is 311 g/mol. The van der Waals surface area contributed by atoms with Crippen LogP contribution >= 0.6 is 0 Å². The molecule has 2 aliphatic rings. The van der Waals surface area contributed by atoms with Crippen LogP contribution in [0.15, 0.2) is 0 Å². The molecular weight excluding hydrogens is 278 g/mol. The lowest BCUT2D eigenvalue weighted by atomic mass is 9.78. The highest BCUT2D eigenvalue weighted by atomic mass is 16.5. The van der Waals surface area contributed by atoms with Crippen molar-refractivity contribution in [2.45, 2.75) is 58.6 Å². The number of piperidine rings is 1. The molecule has 0 bridgehead atoms. The van der Waals surface area contributed by atoms with Crippen LogP contribution < -0.4 is 10.6 Å². The summed E-state index contributed by atoms with van der Waals surface area (Å²) < 4.78 is 5.97. The van der Waals surface area contributed by atoms with Crippen molar-refractivity contribution in [2.24, 2.45) is 11.3 Å². The first-order valence-corrected chi connectivity index (χ1v) is 8.71. The number of hydrogen-bond donors (Lipinski definition) is 2. The maximum atomic E-state index is 12.1. The second-order valence-corrected chi connectivity index (χ2v) is 7.99. The normalized spacial score (nSPS) is 28.4. The van der Waals surface area contributed by atoms with Crippen molar-refractivity contribution < 1.29 is 9.53 Å². The minimum atomic E-state index is -0.0206. The minimum absolute atomic E-state index is 0.0206. The van der Waals surface area contributed by atoms with Crippen LogP contribution in [0.1, 0.15) is 46.5 Å². The van der Waals surface area contributed by atoms with Gasteiger partial charge in [0.15, 0.2) is 0 Å². The van der Waals surface area contributed by atoms with Crippen LogP contribution in [0.2, 0.25) is 0 Å². The van der Waals surface area contributed by atoms with Gasteiger partial charge in [0.05, 0.1) is 6.10 Å². The van der Waals surface area contributed by atoms with E-state index in [0.29, 0.717) is 18.5 Å². The highest BCUT2D eigenvalue weighted by molar-refractivity contribution is 5.74. The molecule has 2 aliphatic heterocycles. The van der Waals surface area contributed by atoms with Crippen molar-refractivity contribution in [3.8, 4) is 0 Å². The predicted octanol–water partition coefficient (Wildman–Crippen LogP) is 2.22. The topological polar surface area (TPSA) is 53.6 Å². The number of ether oxygens (including phenoxy) is 1. The molecule has 0 saturated carbocycles. The quantitative estimate of drug-likeness (QED) is 0.840. The first-order chi connectivity index (χ1) is 10.4. The number of nitrogens with one attached hydrogen (secondary N) is 2. The van der Waals surface area contributed by atoms with Crippen molar-refractivity contribution in [1.82, 2.24) is 15.5 Å². The van der Waals surface area contributed by atoms with Crippen LogP contribution in [0.25, 0.3) is 0 Å². The molecule has 2 atom stereocenters. The molecule has 2 heterocycles. The van der Waals surface area contributed by atoms with Gasteiger partial charge in [-0.2, -0.15) is 0 Å². The Morgan fingerprint density at radius 3 is 2.55 bits per heavy atom. The van der Waals surface area contributed by atoms with Crippen molar-refractivity contribution in [3.05, 3.63) is 0 Å². The zero-order valence-corrected chi connectivity index (χ0v) is 14.7. The van der Waals surface area contributed by atoms with Gasteiger partial charge in [-0.05, 0) is 51.2 Å². The van der Waals surface area contributed by atoms with Crippen LogP contribution in [-0.4, -0.2) is 56.4 Å². The van der Waals surface area contributed by atoms with E-state index in [1.165, 1.54) is 0 Å². The highest BCUT2D eigenvalue weighted by Crippen LogP contribution is 2.33. The summed E-state index contributed by atoms with van der Waals surface area (Å²) in [7, 11) is 2.13. The molecule has 0 aromatic carbocycles. The van der Waals surface area contributed by atoms with E-state index in [1.807, 2.05) is 0 Å². The number of likely N-dealkylation sites (tertiary alicyclic amines) is 1. The third-order valence-corrected chi connectivity index (χ3v) is 4.88. The number of urea groups is 1. The fourth-order valence-electron chi connectivity index (χ4n) is 3.62. The summed E-state index contributed by atoms with van der Waals surface area (Å²) in [6.07, 6.45) is 4.54. The Kier molecular flexibility index (Phi) is 6.09. The maximum absolute atomic E-state index is 12.1. The molecule has 2 amide bonds. The fraction of sp³-hybridized carbons (Fsp3) is 0.941. The van der Waals surface area contributed by atoms with Crippen LogP contribution in [0.3, 0.4) is 0 Å². The van der Waals surface area contributed by atoms with Crippen LogP contribution in [-0.2, 0) is 4.74 Å². The number of hydrogen-bond acceptors (Lipinski definition) is 3. The summed E-state index contributed by atoms with van der Waals surface area (Å²) in [5.41, 5.74) is 0.122. The molecule has 5 nitrogen and oxygen atoms in total. The molecule has 0 radical (unpaired) electrons. The fourth-order valence-corrected chi connectivity index (χ4v) is 3.62. The first-order valence-electron chi connectivity index (χ1n) is 8.71. The number of nitrogens with zero attached hydrogens (tertiary/aromatic N) is 1. The van der Waals surface area contributed by atoms with Crippen molar-refractivity contribution in [2.75, 3.05) is 33.3 Å². The van der Waals surface area contributed by atoms with Crippen LogP contribution in [0.4, 0.5) is 4.79 Å². The highest BCUT2D eigenvalue weighted by Gasteiger charge is 2.35. The Morgan fingerprint density at radius 2 is 1.91 bits per heavy atom. The van der Waals surface area contributed by atoms with Gasteiger partial charge in [-0.1, -0.05) is 20.8 Å². The van der Waals surface area contributed by atoms with Gasteiger partial charge in [0.25, 0.3) is 0 Å². The second kappa shape index (κ2) is 7.64. The van der Waals surface area contributed by atoms with E-state index in [4.69, 9.17) is 4.74 Å². The standard InChI is InChI=1S/C17H33N3O2/c1-17(2,3)15-13(6-5-11-22-15)12-18-16(21)19-14-7-9-20(4)10-8-14/h13-15H,5-12H2,1-4H3,(H2,18,19,21). The summed E-state index contributed by atoms with van der Waals surface area (Å²) in [6, 6.07) is 0.296. The van der Waals surface area contributed by atoms with E-state index in [9.17, 15) is 4.79 Å². The van der Waals surface area contributed by atoms with E-state index in [1.54, 1.807) is 0 Å². The molecule has 0 aromatic rings. The van der Waals surface area contributed by atoms with E-state index in [2.05, 4.69) is 43.4 Å². The van der Waals surface area contributed by atoms with E-state index < -0.39 is 0 Å². The molecule has 0 aliphatic carbocycles. The number of rotatable bonds is 3. The van der Waals surface area contributed by atoms with Gasteiger partial charge in [0.1, 0.15) is 0 Å². The van der Waals surface area contributed by atoms with Crippen LogP contribution in [0, 0.1) is 11.3 Å². The molecule has 128 valence electrons. The molecule has 2 unspecified atom stereocenters. The summed E-state index contributed by atoms with van der Waals surface area (Å²) in [5.74, 6) is 0.414. The van der Waals surface area contributed by atoms with Gasteiger partial charge in [-0.3, -0.25) is 0 Å². The molecule has 2 saturated heterocycles. The Balaban J connectivity index is 1.75. The van der Waals surface area contributed by atoms with Gasteiger partial charge >= 0.3 is 6.03 Å². The Hall–Kier alpha value is -0.810.